The highest BCUT2D eigenvalue weighted by atomic mass is 16.5. The number of fused-ring (bicyclic) bond motifs is 1. The maximum atomic E-state index is 11.8. The Bertz CT molecular complexity index is 476. The van der Waals surface area contributed by atoms with Crippen LogP contribution in [0.3, 0.4) is 0 Å². The van der Waals surface area contributed by atoms with Crippen LogP contribution in [0.2, 0.25) is 0 Å². The maximum absolute atomic E-state index is 11.8. The molecule has 2 N–H and O–H groups in total. The molecule has 110 valence electrons. The van der Waals surface area contributed by atoms with E-state index in [0.717, 1.165) is 36.6 Å². The van der Waals surface area contributed by atoms with E-state index in [9.17, 15) is 4.79 Å². The van der Waals surface area contributed by atoms with E-state index < -0.39 is 0 Å². The number of nitrogens with one attached hydrogen (secondary N) is 2. The van der Waals surface area contributed by atoms with Crippen LogP contribution in [0.15, 0.2) is 18.2 Å². The van der Waals surface area contributed by atoms with Crippen molar-refractivity contribution in [1.82, 2.24) is 5.32 Å². The molecule has 0 spiro atoms. The second kappa shape index (κ2) is 6.72. The van der Waals surface area contributed by atoms with Gasteiger partial charge in [-0.2, -0.15) is 0 Å². The third kappa shape index (κ3) is 2.94. The van der Waals surface area contributed by atoms with Gasteiger partial charge in [0.05, 0.1) is 6.61 Å². The lowest BCUT2D eigenvalue weighted by Crippen LogP contribution is -2.27. The Hall–Kier alpha value is -1.59. The monoisotopic (exact) mass is 277 g/mol. The number of hydrogen-bond donors (Lipinski definition) is 2. The van der Waals surface area contributed by atoms with Crippen molar-refractivity contribution in [3.05, 3.63) is 23.8 Å². The summed E-state index contributed by atoms with van der Waals surface area (Å²) in [6.45, 7) is 7.34. The minimum atomic E-state index is -0.238. The van der Waals surface area contributed by atoms with Crippen molar-refractivity contribution in [3.8, 4) is 0 Å². The van der Waals surface area contributed by atoms with Gasteiger partial charge in [0.1, 0.15) is 6.04 Å². The molecule has 1 aliphatic heterocycles. The molecule has 1 aliphatic rings. The van der Waals surface area contributed by atoms with E-state index >= 15 is 0 Å². The quantitative estimate of drug-likeness (QED) is 0.746. The van der Waals surface area contributed by atoms with Gasteiger partial charge in [-0.15, -0.1) is 0 Å². The Kier molecular flexibility index (Phi) is 4.98. The Morgan fingerprint density at radius 3 is 2.85 bits per heavy atom. The molecule has 0 radical (unpaired) electrons. The number of nitrogens with zero attached hydrogens (tertiary/aromatic N) is 1. The van der Waals surface area contributed by atoms with E-state index in [-0.39, 0.29) is 11.9 Å². The van der Waals surface area contributed by atoms with Crippen molar-refractivity contribution in [2.24, 2.45) is 0 Å². The standard InChI is InChI=1S/C15H23N3O2/c1-4-18(8-9-20-5-2)11-6-7-12-13(10-11)17-15(19)14(12)16-3/h6-7,10,14,16H,4-5,8-9H2,1-3H3,(H,17,19). The highest BCUT2D eigenvalue weighted by Crippen LogP contribution is 2.33. The van der Waals surface area contributed by atoms with Gasteiger partial charge in [-0.1, -0.05) is 6.07 Å². The summed E-state index contributed by atoms with van der Waals surface area (Å²) in [7, 11) is 1.80. The fourth-order valence-electron chi connectivity index (χ4n) is 2.52. The number of amides is 1. The van der Waals surface area contributed by atoms with Crippen LogP contribution >= 0.6 is 0 Å². The predicted molar refractivity (Wildman–Crippen MR) is 81.3 cm³/mol. The molecule has 0 fully saturated rings. The molecule has 20 heavy (non-hydrogen) atoms. The predicted octanol–water partition coefficient (Wildman–Crippen LogP) is 1.76. The molecule has 0 saturated heterocycles. The van der Waals surface area contributed by atoms with E-state index in [1.54, 1.807) is 7.05 Å². The van der Waals surface area contributed by atoms with Crippen molar-refractivity contribution in [3.63, 3.8) is 0 Å². The van der Waals surface area contributed by atoms with Crippen molar-refractivity contribution < 1.29 is 9.53 Å². The number of anilines is 2. The second-order valence-electron chi connectivity index (χ2n) is 4.76. The SMILES string of the molecule is CCOCCN(CC)c1ccc2c(c1)NC(=O)C2NC. The molecule has 0 bridgehead atoms. The molecule has 0 saturated carbocycles. The summed E-state index contributed by atoms with van der Waals surface area (Å²) in [4.78, 5) is 14.1. The minimum absolute atomic E-state index is 0.0111. The number of carbonyl (C=O) groups excluding carboxylic acids is 1. The first-order chi connectivity index (χ1) is 9.71. The lowest BCUT2D eigenvalue weighted by Gasteiger charge is -2.23. The highest BCUT2D eigenvalue weighted by molar-refractivity contribution is 6.03. The van der Waals surface area contributed by atoms with Crippen LogP contribution in [-0.2, 0) is 9.53 Å². The van der Waals surface area contributed by atoms with E-state index in [2.05, 4.69) is 28.5 Å². The molecule has 1 atom stereocenters. The van der Waals surface area contributed by atoms with Gasteiger partial charge in [-0.3, -0.25) is 4.79 Å². The third-order valence-corrected chi connectivity index (χ3v) is 3.61. The van der Waals surface area contributed by atoms with Crippen LogP contribution in [0.25, 0.3) is 0 Å². The highest BCUT2D eigenvalue weighted by Gasteiger charge is 2.29. The summed E-state index contributed by atoms with van der Waals surface area (Å²) < 4.78 is 5.41. The zero-order valence-electron chi connectivity index (χ0n) is 12.4. The first kappa shape index (κ1) is 14.8. The van der Waals surface area contributed by atoms with Gasteiger partial charge in [0.25, 0.3) is 0 Å². The molecule has 5 nitrogen and oxygen atoms in total. The van der Waals surface area contributed by atoms with Gasteiger partial charge in [0.15, 0.2) is 0 Å². The normalized spacial score (nSPS) is 16.9. The molecule has 1 aromatic rings. The summed E-state index contributed by atoms with van der Waals surface area (Å²) in [6, 6.07) is 5.89. The van der Waals surface area contributed by atoms with Gasteiger partial charge >= 0.3 is 0 Å². The van der Waals surface area contributed by atoms with Gasteiger partial charge < -0.3 is 20.3 Å². The molecule has 0 aromatic heterocycles. The van der Waals surface area contributed by atoms with Gasteiger partial charge in [0, 0.05) is 36.6 Å². The van der Waals surface area contributed by atoms with Gasteiger partial charge in [-0.05, 0) is 33.0 Å². The van der Waals surface area contributed by atoms with Gasteiger partial charge in [0.2, 0.25) is 5.91 Å². The van der Waals surface area contributed by atoms with Crippen LogP contribution in [-0.4, -0.2) is 39.3 Å². The van der Waals surface area contributed by atoms with Crippen molar-refractivity contribution >= 4 is 17.3 Å². The first-order valence-electron chi connectivity index (χ1n) is 7.16. The van der Waals surface area contributed by atoms with Crippen LogP contribution in [0.4, 0.5) is 11.4 Å². The smallest absolute Gasteiger partial charge is 0.246 e. The number of ether oxygens (including phenoxy) is 1. The number of benzene rings is 1. The summed E-state index contributed by atoms with van der Waals surface area (Å²) in [5, 5.41) is 5.95. The molecule has 2 rings (SSSR count). The van der Waals surface area contributed by atoms with Crippen LogP contribution in [0.5, 0.6) is 0 Å². The summed E-state index contributed by atoms with van der Waals surface area (Å²) in [5.74, 6) is 0.0111. The van der Waals surface area contributed by atoms with E-state index in [0.29, 0.717) is 6.61 Å². The van der Waals surface area contributed by atoms with Crippen molar-refractivity contribution in [2.75, 3.05) is 43.6 Å². The van der Waals surface area contributed by atoms with Crippen LogP contribution < -0.4 is 15.5 Å². The zero-order chi connectivity index (χ0) is 14.5. The van der Waals surface area contributed by atoms with Crippen molar-refractivity contribution in [1.29, 1.82) is 0 Å². The Morgan fingerprint density at radius 2 is 2.20 bits per heavy atom. The number of hydrogen-bond acceptors (Lipinski definition) is 4. The fraction of sp³-hybridized carbons (Fsp3) is 0.533. The average Bonchev–Trinajstić information content (AvgIpc) is 2.77. The Balaban J connectivity index is 2.14. The second-order valence-corrected chi connectivity index (χ2v) is 4.76. The molecule has 0 aliphatic carbocycles. The zero-order valence-corrected chi connectivity index (χ0v) is 12.4. The summed E-state index contributed by atoms with van der Waals surface area (Å²) in [6.07, 6.45) is 0. The summed E-state index contributed by atoms with van der Waals surface area (Å²) >= 11 is 0. The molecular formula is C15H23N3O2. The average molecular weight is 277 g/mol. The van der Waals surface area contributed by atoms with Crippen LogP contribution in [0, 0.1) is 0 Å². The minimum Gasteiger partial charge on any atom is -0.380 e. The fourth-order valence-corrected chi connectivity index (χ4v) is 2.52. The lowest BCUT2D eigenvalue weighted by atomic mass is 10.1. The molecule has 1 unspecified atom stereocenters. The maximum Gasteiger partial charge on any atom is 0.246 e. The van der Waals surface area contributed by atoms with E-state index in [1.807, 2.05) is 19.1 Å². The number of likely N-dealkylation sites (N-methyl/N-ethyl adjacent to an activating group) is 2. The first-order valence-corrected chi connectivity index (χ1v) is 7.16. The van der Waals surface area contributed by atoms with E-state index in [4.69, 9.17) is 4.74 Å². The molecule has 5 heteroatoms. The summed E-state index contributed by atoms with van der Waals surface area (Å²) in [5.41, 5.74) is 3.03. The van der Waals surface area contributed by atoms with Crippen molar-refractivity contribution in [2.45, 2.75) is 19.9 Å². The number of rotatable bonds is 7. The number of carbonyl (C=O) groups is 1. The molecule has 1 aromatic carbocycles. The molecular weight excluding hydrogens is 254 g/mol. The topological polar surface area (TPSA) is 53.6 Å². The largest absolute Gasteiger partial charge is 0.380 e. The Labute approximate surface area is 120 Å². The Morgan fingerprint density at radius 1 is 1.40 bits per heavy atom. The third-order valence-electron chi connectivity index (χ3n) is 3.61. The van der Waals surface area contributed by atoms with E-state index in [1.165, 1.54) is 0 Å². The van der Waals surface area contributed by atoms with Gasteiger partial charge in [-0.25, -0.2) is 0 Å². The molecule has 1 heterocycles. The lowest BCUT2D eigenvalue weighted by molar-refractivity contribution is -0.117. The van der Waals surface area contributed by atoms with Crippen LogP contribution in [0.1, 0.15) is 25.5 Å². The molecule has 1 amide bonds.